The summed E-state index contributed by atoms with van der Waals surface area (Å²) in [4.78, 5) is 35.0. The highest BCUT2D eigenvalue weighted by atomic mass is 16.5. The highest BCUT2D eigenvalue weighted by Crippen LogP contribution is 2.03. The summed E-state index contributed by atoms with van der Waals surface area (Å²) in [6.07, 6.45) is -0.799. The van der Waals surface area contributed by atoms with Crippen LogP contribution in [0.15, 0.2) is 43.0 Å². The van der Waals surface area contributed by atoms with Crippen molar-refractivity contribution in [1.29, 1.82) is 0 Å². The maximum absolute atomic E-state index is 12.1. The first kappa shape index (κ1) is 20.2. The van der Waals surface area contributed by atoms with Crippen molar-refractivity contribution >= 4 is 18.0 Å². The molecule has 25 heavy (non-hydrogen) atoms. The van der Waals surface area contributed by atoms with Gasteiger partial charge in [-0.05, 0) is 18.9 Å². The number of benzene rings is 1. The summed E-state index contributed by atoms with van der Waals surface area (Å²) in [6.45, 7) is 4.71. The fourth-order valence-corrected chi connectivity index (χ4v) is 1.95. The fourth-order valence-electron chi connectivity index (χ4n) is 1.95. The molecule has 0 heterocycles. The van der Waals surface area contributed by atoms with Crippen LogP contribution in [0.3, 0.4) is 0 Å². The third-order valence-electron chi connectivity index (χ3n) is 3.27. The van der Waals surface area contributed by atoms with Gasteiger partial charge in [0.25, 0.3) is 0 Å². The predicted octanol–water partition coefficient (Wildman–Crippen LogP) is 0.808. The van der Waals surface area contributed by atoms with Gasteiger partial charge in [0.2, 0.25) is 5.91 Å². The van der Waals surface area contributed by atoms with Gasteiger partial charge in [0, 0.05) is 0 Å². The summed E-state index contributed by atoms with van der Waals surface area (Å²) in [5.74, 6) is -2.08. The van der Waals surface area contributed by atoms with E-state index in [1.54, 1.807) is 24.3 Å². The number of ether oxygens (including phenoxy) is 1. The van der Waals surface area contributed by atoms with E-state index < -0.39 is 36.2 Å². The summed E-state index contributed by atoms with van der Waals surface area (Å²) >= 11 is 0. The summed E-state index contributed by atoms with van der Waals surface area (Å²) < 4.78 is 4.99. The van der Waals surface area contributed by atoms with Gasteiger partial charge in [0.05, 0.1) is 6.10 Å². The Morgan fingerprint density at radius 3 is 2.40 bits per heavy atom. The standard InChI is InChI=1S/C17H22N2O6/c1-3-7-13(16(22)23)18-15(21)14(11(2)20)19-17(24)25-10-12-8-5-4-6-9-12/h3-6,8-9,11,13-14,20H,1,7,10H2,2H3,(H,18,21)(H,19,24)(H,22,23)/t11-,13-,14+/m1/s1. The van der Waals surface area contributed by atoms with E-state index in [0.29, 0.717) is 0 Å². The number of carbonyl (C=O) groups excluding carboxylic acids is 2. The Bertz CT molecular complexity index is 602. The molecule has 1 aromatic rings. The zero-order valence-corrected chi connectivity index (χ0v) is 13.8. The lowest BCUT2D eigenvalue weighted by Gasteiger charge is -2.22. The van der Waals surface area contributed by atoms with Crippen LogP contribution in [0.2, 0.25) is 0 Å². The summed E-state index contributed by atoms with van der Waals surface area (Å²) in [5, 5.41) is 23.2. The van der Waals surface area contributed by atoms with Crippen LogP contribution in [0, 0.1) is 0 Å². The molecule has 0 bridgehead atoms. The number of carbonyl (C=O) groups is 3. The molecular formula is C17H22N2O6. The molecule has 0 aliphatic rings. The molecule has 8 heteroatoms. The molecule has 0 aliphatic carbocycles. The van der Waals surface area contributed by atoms with Gasteiger partial charge in [0.1, 0.15) is 18.7 Å². The van der Waals surface area contributed by atoms with Crippen LogP contribution in [0.1, 0.15) is 18.9 Å². The second-order valence-corrected chi connectivity index (χ2v) is 5.35. The number of hydrogen-bond donors (Lipinski definition) is 4. The summed E-state index contributed by atoms with van der Waals surface area (Å²) in [7, 11) is 0. The van der Waals surface area contributed by atoms with Crippen molar-refractivity contribution in [1.82, 2.24) is 10.6 Å². The number of carboxylic acid groups (broad SMARTS) is 1. The van der Waals surface area contributed by atoms with Crippen molar-refractivity contribution in [2.24, 2.45) is 0 Å². The normalized spacial score (nSPS) is 13.8. The smallest absolute Gasteiger partial charge is 0.408 e. The monoisotopic (exact) mass is 350 g/mol. The first-order valence-corrected chi connectivity index (χ1v) is 7.64. The molecule has 3 atom stereocenters. The van der Waals surface area contributed by atoms with Crippen LogP contribution in [-0.2, 0) is 20.9 Å². The molecule has 0 aromatic heterocycles. The van der Waals surface area contributed by atoms with Gasteiger partial charge < -0.3 is 25.6 Å². The average molecular weight is 350 g/mol. The number of alkyl carbamates (subject to hydrolysis) is 1. The topological polar surface area (TPSA) is 125 Å². The molecule has 0 fully saturated rings. The van der Waals surface area contributed by atoms with E-state index in [4.69, 9.17) is 9.84 Å². The molecule has 0 saturated heterocycles. The Kier molecular flexibility index (Phi) is 8.14. The first-order valence-electron chi connectivity index (χ1n) is 7.64. The maximum atomic E-state index is 12.1. The lowest BCUT2D eigenvalue weighted by Crippen LogP contribution is -2.55. The number of aliphatic carboxylic acids is 1. The minimum atomic E-state index is -1.35. The van der Waals surface area contributed by atoms with Gasteiger partial charge in [0.15, 0.2) is 0 Å². The van der Waals surface area contributed by atoms with Crippen molar-refractivity contribution in [3.63, 3.8) is 0 Å². The molecule has 0 spiro atoms. The van der Waals surface area contributed by atoms with Crippen LogP contribution in [-0.4, -0.2) is 46.4 Å². The number of aliphatic hydroxyl groups is 1. The van der Waals surface area contributed by atoms with Gasteiger partial charge in [-0.3, -0.25) is 4.79 Å². The van der Waals surface area contributed by atoms with Crippen LogP contribution in [0.25, 0.3) is 0 Å². The molecule has 4 N–H and O–H groups in total. The van der Waals surface area contributed by atoms with Crippen molar-refractivity contribution in [2.75, 3.05) is 0 Å². The molecular weight excluding hydrogens is 328 g/mol. The highest BCUT2D eigenvalue weighted by Gasteiger charge is 2.29. The van der Waals surface area contributed by atoms with E-state index in [9.17, 15) is 19.5 Å². The number of hydrogen-bond acceptors (Lipinski definition) is 5. The van der Waals surface area contributed by atoms with Crippen LogP contribution in [0.4, 0.5) is 4.79 Å². The summed E-state index contributed by atoms with van der Waals surface area (Å²) in [5.41, 5.74) is 0.757. The number of carboxylic acids is 1. The largest absolute Gasteiger partial charge is 0.480 e. The van der Waals surface area contributed by atoms with E-state index in [-0.39, 0.29) is 13.0 Å². The van der Waals surface area contributed by atoms with Crippen molar-refractivity contribution in [2.45, 2.75) is 38.1 Å². The van der Waals surface area contributed by atoms with E-state index in [1.807, 2.05) is 6.07 Å². The number of amides is 2. The zero-order chi connectivity index (χ0) is 18.8. The SMILES string of the molecule is C=CC[C@@H](NC(=O)[C@@H](NC(=O)OCc1ccccc1)[C@@H](C)O)C(=O)O. The molecule has 2 amide bonds. The lowest BCUT2D eigenvalue weighted by atomic mass is 10.1. The fraction of sp³-hybridized carbons (Fsp3) is 0.353. The Hall–Kier alpha value is -2.87. The number of aliphatic hydroxyl groups excluding tert-OH is 1. The Morgan fingerprint density at radius 1 is 1.24 bits per heavy atom. The van der Waals surface area contributed by atoms with E-state index in [2.05, 4.69) is 17.2 Å². The van der Waals surface area contributed by atoms with Crippen LogP contribution in [0.5, 0.6) is 0 Å². The van der Waals surface area contributed by atoms with Gasteiger partial charge in [-0.1, -0.05) is 36.4 Å². The molecule has 1 rings (SSSR count). The molecule has 0 aliphatic heterocycles. The molecule has 0 radical (unpaired) electrons. The van der Waals surface area contributed by atoms with Crippen molar-refractivity contribution < 1.29 is 29.3 Å². The molecule has 8 nitrogen and oxygen atoms in total. The molecule has 0 unspecified atom stereocenters. The predicted molar refractivity (Wildman–Crippen MR) is 89.6 cm³/mol. The molecule has 1 aromatic carbocycles. The van der Waals surface area contributed by atoms with Gasteiger partial charge >= 0.3 is 12.1 Å². The molecule has 0 saturated carbocycles. The molecule has 136 valence electrons. The summed E-state index contributed by atoms with van der Waals surface area (Å²) in [6, 6.07) is 6.36. The number of nitrogens with one attached hydrogen (secondary N) is 2. The lowest BCUT2D eigenvalue weighted by molar-refractivity contribution is -0.142. The Morgan fingerprint density at radius 2 is 1.88 bits per heavy atom. The van der Waals surface area contributed by atoms with Crippen molar-refractivity contribution in [3.8, 4) is 0 Å². The van der Waals surface area contributed by atoms with Gasteiger partial charge in [-0.2, -0.15) is 0 Å². The quantitative estimate of drug-likeness (QED) is 0.488. The highest BCUT2D eigenvalue weighted by molar-refractivity contribution is 5.89. The Balaban J connectivity index is 2.62. The number of rotatable bonds is 9. The third kappa shape index (κ3) is 7.05. The first-order chi connectivity index (χ1) is 11.8. The Labute approximate surface area is 145 Å². The minimum Gasteiger partial charge on any atom is -0.480 e. The average Bonchev–Trinajstić information content (AvgIpc) is 2.57. The second-order valence-electron chi connectivity index (χ2n) is 5.35. The second kappa shape index (κ2) is 10.1. The van der Waals surface area contributed by atoms with E-state index in [1.165, 1.54) is 13.0 Å². The van der Waals surface area contributed by atoms with Crippen molar-refractivity contribution in [3.05, 3.63) is 48.6 Å². The van der Waals surface area contributed by atoms with Crippen LogP contribution >= 0.6 is 0 Å². The van der Waals surface area contributed by atoms with Gasteiger partial charge in [-0.15, -0.1) is 6.58 Å². The van der Waals surface area contributed by atoms with Gasteiger partial charge in [-0.25, -0.2) is 9.59 Å². The van der Waals surface area contributed by atoms with Crippen LogP contribution < -0.4 is 10.6 Å². The third-order valence-corrected chi connectivity index (χ3v) is 3.27. The maximum Gasteiger partial charge on any atom is 0.408 e. The zero-order valence-electron chi connectivity index (χ0n) is 13.8. The van der Waals surface area contributed by atoms with E-state index in [0.717, 1.165) is 5.56 Å². The minimum absolute atomic E-state index is 0.00492. The van der Waals surface area contributed by atoms with E-state index >= 15 is 0 Å².